The summed E-state index contributed by atoms with van der Waals surface area (Å²) in [5, 5.41) is 12.3. The van der Waals surface area contributed by atoms with Crippen molar-refractivity contribution in [1.29, 1.82) is 0 Å². The Morgan fingerprint density at radius 3 is 2.72 bits per heavy atom. The maximum Gasteiger partial charge on any atom is 0.272 e. The van der Waals surface area contributed by atoms with Crippen LogP contribution in [-0.4, -0.2) is 20.0 Å². The van der Waals surface area contributed by atoms with E-state index in [9.17, 15) is 4.79 Å². The predicted octanol–water partition coefficient (Wildman–Crippen LogP) is 2.99. The van der Waals surface area contributed by atoms with E-state index in [1.54, 1.807) is 16.9 Å². The largest absolute Gasteiger partial charge is 0.325 e. The minimum Gasteiger partial charge on any atom is -0.325 e. The van der Waals surface area contributed by atoms with Gasteiger partial charge in [-0.1, -0.05) is 36.4 Å². The number of nitrogens with two attached hydrogens (primary N) is 1. The van der Waals surface area contributed by atoms with Crippen molar-refractivity contribution in [1.82, 2.24) is 20.0 Å². The van der Waals surface area contributed by atoms with Gasteiger partial charge >= 0.3 is 0 Å². The molecule has 4 aromatic rings. The molecule has 0 radical (unpaired) electrons. The molecule has 0 fully saturated rings. The molecule has 7 heteroatoms. The lowest BCUT2D eigenvalue weighted by atomic mass is 9.96. The van der Waals surface area contributed by atoms with Gasteiger partial charge in [0.05, 0.1) is 29.4 Å². The number of H-pyrrole nitrogens is 1. The normalized spacial score (nSPS) is 12.0. The molecule has 144 valence electrons. The summed E-state index contributed by atoms with van der Waals surface area (Å²) in [6.45, 7) is 7.89. The summed E-state index contributed by atoms with van der Waals surface area (Å²) in [6, 6.07) is 15.1. The van der Waals surface area contributed by atoms with Crippen LogP contribution in [0.25, 0.3) is 26.7 Å². The fourth-order valence-electron chi connectivity index (χ4n) is 3.59. The van der Waals surface area contributed by atoms with Crippen LogP contribution in [0.2, 0.25) is 0 Å². The number of hydrogen-bond donors (Lipinski definition) is 2. The maximum absolute atomic E-state index is 12.1. The first-order valence-electron chi connectivity index (χ1n) is 9.26. The van der Waals surface area contributed by atoms with Gasteiger partial charge in [0.1, 0.15) is 0 Å². The first-order chi connectivity index (χ1) is 14.1. The van der Waals surface area contributed by atoms with Gasteiger partial charge in [-0.15, -0.1) is 0 Å². The monoisotopic (exact) mass is 384 g/mol. The summed E-state index contributed by atoms with van der Waals surface area (Å²) in [4.78, 5) is 15.9. The van der Waals surface area contributed by atoms with Crippen LogP contribution >= 0.6 is 0 Å². The van der Waals surface area contributed by atoms with Crippen molar-refractivity contribution in [3.8, 4) is 11.1 Å². The van der Waals surface area contributed by atoms with Gasteiger partial charge in [-0.3, -0.25) is 9.48 Å². The first kappa shape index (κ1) is 18.6. The number of nitrogens with one attached hydrogen (secondary N) is 1. The fourth-order valence-corrected chi connectivity index (χ4v) is 3.59. The molecule has 0 saturated carbocycles. The Hall–Kier alpha value is -3.76. The molecule has 2 aromatic heterocycles. The van der Waals surface area contributed by atoms with E-state index in [0.29, 0.717) is 17.5 Å². The molecule has 0 aliphatic heterocycles. The van der Waals surface area contributed by atoms with Crippen LogP contribution in [0, 0.1) is 6.57 Å². The number of benzene rings is 2. The fraction of sp³-hybridized carbons (Fsp3) is 0.182. The zero-order valence-electron chi connectivity index (χ0n) is 16.0. The lowest BCUT2D eigenvalue weighted by molar-refractivity contribution is 0.680. The molecule has 0 aliphatic carbocycles. The van der Waals surface area contributed by atoms with Crippen LogP contribution in [0.5, 0.6) is 0 Å². The number of fused-ring (bicyclic) bond motifs is 1. The van der Waals surface area contributed by atoms with Crippen LogP contribution in [0.3, 0.4) is 0 Å². The van der Waals surface area contributed by atoms with Crippen molar-refractivity contribution in [2.45, 2.75) is 19.0 Å². The van der Waals surface area contributed by atoms with Crippen LogP contribution in [0.1, 0.15) is 23.0 Å². The van der Waals surface area contributed by atoms with Gasteiger partial charge in [-0.2, -0.15) is 10.2 Å². The van der Waals surface area contributed by atoms with E-state index in [2.05, 4.69) is 20.1 Å². The molecule has 0 spiro atoms. The van der Waals surface area contributed by atoms with E-state index < -0.39 is 0 Å². The zero-order valence-corrected chi connectivity index (χ0v) is 16.0. The average molecular weight is 384 g/mol. The standard InChI is InChI=1S/C22H20N6O/c1-24-19(14-6-4-3-5-7-14)11-21-18(13-25-28(21)2)15-8-9-16-17(10-15)20(12-23)26-27-22(16)29/h3-10,13,19H,11-12,23H2,2H3,(H,27,29). The van der Waals surface area contributed by atoms with E-state index >= 15 is 0 Å². The highest BCUT2D eigenvalue weighted by Crippen LogP contribution is 2.31. The molecule has 0 aliphatic rings. The number of hydrogen-bond acceptors (Lipinski definition) is 4. The summed E-state index contributed by atoms with van der Waals surface area (Å²) < 4.78 is 1.81. The van der Waals surface area contributed by atoms with Crippen LogP contribution in [-0.2, 0) is 20.0 Å². The Kier molecular flexibility index (Phi) is 4.94. The van der Waals surface area contributed by atoms with Gasteiger partial charge in [-0.25, -0.2) is 11.7 Å². The van der Waals surface area contributed by atoms with Gasteiger partial charge in [0.2, 0.25) is 0 Å². The van der Waals surface area contributed by atoms with Gasteiger partial charge in [0.15, 0.2) is 0 Å². The van der Waals surface area contributed by atoms with E-state index in [4.69, 9.17) is 12.3 Å². The molecule has 0 amide bonds. The first-order valence-corrected chi connectivity index (χ1v) is 9.26. The molecule has 2 aromatic carbocycles. The van der Waals surface area contributed by atoms with Gasteiger partial charge in [-0.05, 0) is 17.7 Å². The molecular weight excluding hydrogens is 364 g/mol. The molecule has 3 N–H and O–H groups in total. The van der Waals surface area contributed by atoms with Gasteiger partial charge in [0, 0.05) is 30.1 Å². The highest BCUT2D eigenvalue weighted by Gasteiger charge is 2.22. The minimum absolute atomic E-state index is 0.227. The summed E-state index contributed by atoms with van der Waals surface area (Å²) in [7, 11) is 1.88. The van der Waals surface area contributed by atoms with Crippen LogP contribution in [0.15, 0.2) is 59.5 Å². The summed E-state index contributed by atoms with van der Waals surface area (Å²) in [5.41, 5.74) is 9.98. The SMILES string of the molecule is [C-]#[N+]C(Cc1c(-c2ccc3c(=O)[nH]nc(CN)c3c2)cnn1C)c1ccccc1. The van der Waals surface area contributed by atoms with Crippen molar-refractivity contribution in [2.75, 3.05) is 0 Å². The van der Waals surface area contributed by atoms with Crippen LogP contribution in [0.4, 0.5) is 0 Å². The molecule has 4 rings (SSSR count). The van der Waals surface area contributed by atoms with Crippen molar-refractivity contribution in [3.05, 3.63) is 93.5 Å². The zero-order chi connectivity index (χ0) is 20.4. The van der Waals surface area contributed by atoms with Crippen molar-refractivity contribution in [2.24, 2.45) is 12.8 Å². The molecule has 7 nitrogen and oxygen atoms in total. The van der Waals surface area contributed by atoms with E-state index in [1.165, 1.54) is 0 Å². The number of aromatic nitrogens is 4. The van der Waals surface area contributed by atoms with Crippen molar-refractivity contribution < 1.29 is 0 Å². The molecule has 2 heterocycles. The van der Waals surface area contributed by atoms with Crippen molar-refractivity contribution in [3.63, 3.8) is 0 Å². The van der Waals surface area contributed by atoms with E-state index in [-0.39, 0.29) is 18.1 Å². The summed E-state index contributed by atoms with van der Waals surface area (Å²) in [6.07, 6.45) is 2.33. The Morgan fingerprint density at radius 1 is 1.21 bits per heavy atom. The molecule has 29 heavy (non-hydrogen) atoms. The second-order valence-corrected chi connectivity index (χ2v) is 6.85. The Balaban J connectivity index is 1.80. The third-order valence-electron chi connectivity index (χ3n) is 5.16. The smallest absolute Gasteiger partial charge is 0.272 e. The molecule has 1 unspecified atom stereocenters. The maximum atomic E-state index is 12.1. The quantitative estimate of drug-likeness (QED) is 0.517. The van der Waals surface area contributed by atoms with Gasteiger partial charge in [0.25, 0.3) is 11.6 Å². The molecule has 1 atom stereocenters. The molecule has 0 saturated heterocycles. The second-order valence-electron chi connectivity index (χ2n) is 6.85. The predicted molar refractivity (Wildman–Crippen MR) is 112 cm³/mol. The molecule has 0 bridgehead atoms. The van der Waals surface area contributed by atoms with E-state index in [1.807, 2.05) is 49.5 Å². The molecular formula is C22H20N6O. The number of nitrogens with zero attached hydrogens (tertiary/aromatic N) is 4. The van der Waals surface area contributed by atoms with Crippen LogP contribution < -0.4 is 11.3 Å². The lowest BCUT2D eigenvalue weighted by Crippen LogP contribution is -2.13. The summed E-state index contributed by atoms with van der Waals surface area (Å²) >= 11 is 0. The Morgan fingerprint density at radius 2 is 2.00 bits per heavy atom. The Labute approximate surface area is 167 Å². The van der Waals surface area contributed by atoms with Gasteiger partial charge < -0.3 is 10.6 Å². The number of aryl methyl sites for hydroxylation is 1. The topological polar surface area (TPSA) is 93.9 Å². The Bertz CT molecular complexity index is 1270. The highest BCUT2D eigenvalue weighted by atomic mass is 16.1. The summed E-state index contributed by atoms with van der Waals surface area (Å²) in [5.74, 6) is 0. The van der Waals surface area contributed by atoms with E-state index in [0.717, 1.165) is 27.8 Å². The minimum atomic E-state index is -0.296. The third kappa shape index (κ3) is 3.42. The third-order valence-corrected chi connectivity index (χ3v) is 5.16. The van der Waals surface area contributed by atoms with Crippen molar-refractivity contribution >= 4 is 10.8 Å². The second kappa shape index (κ2) is 7.70. The lowest BCUT2D eigenvalue weighted by Gasteiger charge is -2.10. The highest BCUT2D eigenvalue weighted by molar-refractivity contribution is 5.88. The average Bonchev–Trinajstić information content (AvgIpc) is 3.12. The number of aromatic amines is 1. The number of rotatable bonds is 5.